The Kier molecular flexibility index (Phi) is 5.18. The molecule has 0 radical (unpaired) electrons. The van der Waals surface area contributed by atoms with Gasteiger partial charge in [-0.3, -0.25) is 9.88 Å². The minimum Gasteiger partial charge on any atom is -0.506 e. The van der Waals surface area contributed by atoms with Gasteiger partial charge in [-0.05, 0) is 44.5 Å². The summed E-state index contributed by atoms with van der Waals surface area (Å²) in [5.74, 6) is 0.897. The Morgan fingerprint density at radius 2 is 2.29 bits per heavy atom. The van der Waals surface area contributed by atoms with E-state index in [1.54, 1.807) is 6.07 Å². The Hall–Kier alpha value is -0.840. The first-order valence-electron chi connectivity index (χ1n) is 5.77. The molecule has 2 rings (SSSR count). The molecule has 1 aromatic rings. The van der Waals surface area contributed by atoms with Crippen molar-refractivity contribution >= 4 is 12.4 Å². The van der Waals surface area contributed by atoms with Crippen LogP contribution in [0.3, 0.4) is 0 Å². The normalized spacial score (nSPS) is 20.2. The fraction of sp³-hybridized carbons (Fsp3) is 0.583. The van der Waals surface area contributed by atoms with Crippen LogP contribution in [0.15, 0.2) is 12.1 Å². The Morgan fingerprint density at radius 1 is 1.53 bits per heavy atom. The number of likely N-dealkylation sites (tertiary alicyclic amines) is 1. The summed E-state index contributed by atoms with van der Waals surface area (Å²) in [6, 6.07) is 3.54. The molecular weight excluding hydrogens is 238 g/mol. The molecule has 96 valence electrons. The Balaban J connectivity index is 0.00000144. The van der Waals surface area contributed by atoms with Gasteiger partial charge in [0.2, 0.25) is 0 Å². The SMILES string of the molecule is Cc1ccc(O)c(CN2CCC(CN)C2)n1.Cl. The lowest BCUT2D eigenvalue weighted by molar-refractivity contribution is 0.307. The van der Waals surface area contributed by atoms with Crippen LogP contribution in [-0.2, 0) is 6.54 Å². The van der Waals surface area contributed by atoms with Gasteiger partial charge in [0.05, 0.1) is 5.69 Å². The third-order valence-corrected chi connectivity index (χ3v) is 3.17. The summed E-state index contributed by atoms with van der Waals surface area (Å²) in [4.78, 5) is 6.67. The molecule has 0 aliphatic carbocycles. The van der Waals surface area contributed by atoms with E-state index < -0.39 is 0 Å². The molecule has 1 atom stereocenters. The number of aryl methyl sites for hydroxylation is 1. The predicted octanol–water partition coefficient (Wildman–Crippen LogP) is 1.30. The molecule has 1 fully saturated rings. The number of aromatic hydroxyl groups is 1. The van der Waals surface area contributed by atoms with Gasteiger partial charge in [-0.25, -0.2) is 0 Å². The number of hydrogen-bond acceptors (Lipinski definition) is 4. The van der Waals surface area contributed by atoms with Gasteiger partial charge in [-0.15, -0.1) is 12.4 Å². The number of pyridine rings is 1. The van der Waals surface area contributed by atoms with Crippen molar-refractivity contribution in [1.29, 1.82) is 0 Å². The minimum absolute atomic E-state index is 0. The first kappa shape index (κ1) is 14.2. The van der Waals surface area contributed by atoms with Crippen LogP contribution in [0.4, 0.5) is 0 Å². The molecular formula is C12H20ClN3O. The zero-order chi connectivity index (χ0) is 11.5. The second kappa shape index (κ2) is 6.19. The smallest absolute Gasteiger partial charge is 0.138 e. The largest absolute Gasteiger partial charge is 0.506 e. The summed E-state index contributed by atoms with van der Waals surface area (Å²) in [5, 5.41) is 9.70. The Morgan fingerprint density at radius 3 is 2.94 bits per heavy atom. The van der Waals surface area contributed by atoms with E-state index in [2.05, 4.69) is 9.88 Å². The van der Waals surface area contributed by atoms with E-state index in [4.69, 9.17) is 5.73 Å². The second-order valence-electron chi connectivity index (χ2n) is 4.54. The summed E-state index contributed by atoms with van der Waals surface area (Å²) in [7, 11) is 0. The second-order valence-corrected chi connectivity index (χ2v) is 4.54. The van der Waals surface area contributed by atoms with Crippen LogP contribution in [0.5, 0.6) is 5.75 Å². The summed E-state index contributed by atoms with van der Waals surface area (Å²) < 4.78 is 0. The lowest BCUT2D eigenvalue weighted by Crippen LogP contribution is -2.23. The van der Waals surface area contributed by atoms with Crippen molar-refractivity contribution in [2.24, 2.45) is 11.7 Å². The molecule has 1 aliphatic heterocycles. The van der Waals surface area contributed by atoms with E-state index in [-0.39, 0.29) is 12.4 Å². The van der Waals surface area contributed by atoms with Gasteiger partial charge in [0, 0.05) is 18.8 Å². The molecule has 1 aromatic heterocycles. The van der Waals surface area contributed by atoms with E-state index in [9.17, 15) is 5.11 Å². The molecule has 5 heteroatoms. The van der Waals surface area contributed by atoms with E-state index in [0.717, 1.165) is 44.0 Å². The van der Waals surface area contributed by atoms with Crippen LogP contribution in [-0.4, -0.2) is 34.6 Å². The molecule has 0 amide bonds. The zero-order valence-electron chi connectivity index (χ0n) is 10.1. The van der Waals surface area contributed by atoms with Crippen molar-refractivity contribution in [3.63, 3.8) is 0 Å². The Labute approximate surface area is 108 Å². The van der Waals surface area contributed by atoms with E-state index in [0.29, 0.717) is 11.7 Å². The fourth-order valence-electron chi connectivity index (χ4n) is 2.18. The number of rotatable bonds is 3. The number of nitrogens with two attached hydrogens (primary N) is 1. The predicted molar refractivity (Wildman–Crippen MR) is 70.3 cm³/mol. The van der Waals surface area contributed by atoms with Crippen molar-refractivity contribution in [3.8, 4) is 5.75 Å². The first-order chi connectivity index (χ1) is 7.69. The van der Waals surface area contributed by atoms with Crippen molar-refractivity contribution < 1.29 is 5.11 Å². The maximum Gasteiger partial charge on any atom is 0.138 e. The number of nitrogens with zero attached hydrogens (tertiary/aromatic N) is 2. The summed E-state index contributed by atoms with van der Waals surface area (Å²) >= 11 is 0. The molecule has 0 aromatic carbocycles. The summed E-state index contributed by atoms with van der Waals surface area (Å²) in [6.45, 7) is 5.49. The summed E-state index contributed by atoms with van der Waals surface area (Å²) in [5.41, 5.74) is 7.37. The van der Waals surface area contributed by atoms with Gasteiger partial charge in [-0.2, -0.15) is 0 Å². The third-order valence-electron chi connectivity index (χ3n) is 3.17. The summed E-state index contributed by atoms with van der Waals surface area (Å²) in [6.07, 6.45) is 1.16. The topological polar surface area (TPSA) is 62.4 Å². The average molecular weight is 258 g/mol. The molecule has 2 heterocycles. The fourth-order valence-corrected chi connectivity index (χ4v) is 2.18. The maximum atomic E-state index is 9.70. The maximum absolute atomic E-state index is 9.70. The molecule has 1 aliphatic rings. The highest BCUT2D eigenvalue weighted by atomic mass is 35.5. The first-order valence-corrected chi connectivity index (χ1v) is 5.77. The molecule has 1 unspecified atom stereocenters. The minimum atomic E-state index is 0. The van der Waals surface area contributed by atoms with Crippen LogP contribution in [0.2, 0.25) is 0 Å². The van der Waals surface area contributed by atoms with Crippen molar-refractivity contribution in [2.75, 3.05) is 19.6 Å². The van der Waals surface area contributed by atoms with Crippen LogP contribution in [0, 0.1) is 12.8 Å². The van der Waals surface area contributed by atoms with Gasteiger partial charge in [0.1, 0.15) is 5.75 Å². The van der Waals surface area contributed by atoms with Crippen molar-refractivity contribution in [3.05, 3.63) is 23.5 Å². The lowest BCUT2D eigenvalue weighted by atomic mass is 10.1. The van der Waals surface area contributed by atoms with E-state index in [1.807, 2.05) is 13.0 Å². The monoisotopic (exact) mass is 257 g/mol. The molecule has 1 saturated heterocycles. The van der Waals surface area contributed by atoms with Crippen LogP contribution >= 0.6 is 12.4 Å². The lowest BCUT2D eigenvalue weighted by Gasteiger charge is -2.16. The van der Waals surface area contributed by atoms with E-state index >= 15 is 0 Å². The molecule has 3 N–H and O–H groups in total. The van der Waals surface area contributed by atoms with Crippen LogP contribution in [0.25, 0.3) is 0 Å². The van der Waals surface area contributed by atoms with Gasteiger partial charge >= 0.3 is 0 Å². The highest BCUT2D eigenvalue weighted by Crippen LogP contribution is 2.21. The number of halogens is 1. The molecule has 0 saturated carbocycles. The number of aromatic nitrogens is 1. The van der Waals surface area contributed by atoms with Crippen molar-refractivity contribution in [1.82, 2.24) is 9.88 Å². The van der Waals surface area contributed by atoms with Gasteiger partial charge in [0.25, 0.3) is 0 Å². The molecule has 4 nitrogen and oxygen atoms in total. The molecule has 17 heavy (non-hydrogen) atoms. The third kappa shape index (κ3) is 3.56. The van der Waals surface area contributed by atoms with Gasteiger partial charge in [0.15, 0.2) is 0 Å². The number of hydrogen-bond donors (Lipinski definition) is 2. The zero-order valence-corrected chi connectivity index (χ0v) is 10.9. The van der Waals surface area contributed by atoms with E-state index in [1.165, 1.54) is 0 Å². The molecule has 0 bridgehead atoms. The van der Waals surface area contributed by atoms with Crippen molar-refractivity contribution in [2.45, 2.75) is 19.9 Å². The van der Waals surface area contributed by atoms with Crippen LogP contribution < -0.4 is 5.73 Å². The highest BCUT2D eigenvalue weighted by molar-refractivity contribution is 5.85. The Bertz CT molecular complexity index is 373. The van der Waals surface area contributed by atoms with Gasteiger partial charge in [-0.1, -0.05) is 0 Å². The standard InChI is InChI=1S/C12H19N3O.ClH/c1-9-2-3-12(16)11(14-9)8-15-5-4-10(6-13)7-15;/h2-3,10,16H,4-8,13H2,1H3;1H. The highest BCUT2D eigenvalue weighted by Gasteiger charge is 2.22. The molecule has 0 spiro atoms. The quantitative estimate of drug-likeness (QED) is 0.857. The average Bonchev–Trinajstić information content (AvgIpc) is 2.71. The van der Waals surface area contributed by atoms with Crippen LogP contribution in [0.1, 0.15) is 17.8 Å². The van der Waals surface area contributed by atoms with Gasteiger partial charge < -0.3 is 10.8 Å².